The molecule has 2 aromatic rings. The van der Waals surface area contributed by atoms with Gasteiger partial charge in [0.05, 0.1) is 11.5 Å². The van der Waals surface area contributed by atoms with Crippen molar-refractivity contribution in [2.24, 2.45) is 11.3 Å². The van der Waals surface area contributed by atoms with Crippen molar-refractivity contribution < 1.29 is 14.6 Å². The summed E-state index contributed by atoms with van der Waals surface area (Å²) in [7, 11) is 0. The number of fused-ring (bicyclic) bond motifs is 1. The molecule has 1 aliphatic heterocycles. The molecule has 4 rings (SSSR count). The second kappa shape index (κ2) is 9.24. The summed E-state index contributed by atoms with van der Waals surface area (Å²) in [6.45, 7) is 6.16. The third-order valence-corrected chi connectivity index (χ3v) is 8.04. The zero-order valence-corrected chi connectivity index (χ0v) is 20.3. The first-order valence-electron chi connectivity index (χ1n) is 11.4. The van der Waals surface area contributed by atoms with Crippen molar-refractivity contribution in [1.82, 2.24) is 5.32 Å². The Morgan fingerprint density at radius 2 is 1.94 bits per heavy atom. The van der Waals surface area contributed by atoms with Crippen LogP contribution in [0.2, 0.25) is 10.0 Å². The molecule has 0 spiro atoms. The van der Waals surface area contributed by atoms with Gasteiger partial charge in [-0.1, -0.05) is 48.3 Å². The Labute approximate surface area is 200 Å². The van der Waals surface area contributed by atoms with Crippen LogP contribution in [0.15, 0.2) is 42.5 Å². The highest BCUT2D eigenvalue weighted by Crippen LogP contribution is 2.60. The molecule has 1 saturated heterocycles. The predicted octanol–water partition coefficient (Wildman–Crippen LogP) is 5.95. The van der Waals surface area contributed by atoms with Crippen LogP contribution < -0.4 is 10.1 Å². The Morgan fingerprint density at radius 1 is 1.22 bits per heavy atom. The summed E-state index contributed by atoms with van der Waals surface area (Å²) in [5.41, 5.74) is 1.91. The molecule has 1 saturated carbocycles. The number of amides is 1. The predicted molar refractivity (Wildman–Crippen MR) is 129 cm³/mol. The summed E-state index contributed by atoms with van der Waals surface area (Å²) in [4.78, 5) is 13.1. The van der Waals surface area contributed by atoms with E-state index in [-0.39, 0.29) is 41.7 Å². The Hall–Kier alpha value is -1.75. The standard InChI is InChI=1S/C26H31Cl2NO3/c1-4-26-12-11-21(20-10-9-19(13-22(20)28)32-14-15(2)30)23(17-5-7-18(27)8-6-17)24(26)16(3)29-25(26)31/h5-10,13,15-16,21,23-24,30H,4,11-12,14H2,1-3H3,(H,29,31)/t15?,16-,21+,23+,24+,26-/m1/s1. The van der Waals surface area contributed by atoms with Gasteiger partial charge in [0.15, 0.2) is 0 Å². The van der Waals surface area contributed by atoms with Gasteiger partial charge in [-0.2, -0.15) is 0 Å². The zero-order chi connectivity index (χ0) is 23.0. The lowest BCUT2D eigenvalue weighted by molar-refractivity contribution is -0.131. The van der Waals surface area contributed by atoms with E-state index in [0.717, 1.165) is 24.8 Å². The third kappa shape index (κ3) is 4.13. The van der Waals surface area contributed by atoms with E-state index in [4.69, 9.17) is 27.9 Å². The molecule has 1 aliphatic carbocycles. The van der Waals surface area contributed by atoms with Crippen molar-refractivity contribution in [3.05, 3.63) is 63.6 Å². The number of carbonyl (C=O) groups is 1. The van der Waals surface area contributed by atoms with Crippen LogP contribution in [0.25, 0.3) is 0 Å². The maximum atomic E-state index is 13.1. The first-order chi connectivity index (χ1) is 15.3. The van der Waals surface area contributed by atoms with Crippen molar-refractivity contribution in [2.45, 2.75) is 64.0 Å². The monoisotopic (exact) mass is 475 g/mol. The van der Waals surface area contributed by atoms with Crippen molar-refractivity contribution >= 4 is 29.1 Å². The molecule has 2 N–H and O–H groups in total. The molecule has 1 amide bonds. The van der Waals surface area contributed by atoms with E-state index < -0.39 is 6.10 Å². The van der Waals surface area contributed by atoms with Crippen LogP contribution >= 0.6 is 23.2 Å². The molecule has 0 aromatic heterocycles. The maximum absolute atomic E-state index is 13.1. The average molecular weight is 476 g/mol. The fraction of sp³-hybridized carbons (Fsp3) is 0.500. The molecular formula is C26H31Cl2NO3. The van der Waals surface area contributed by atoms with Gasteiger partial charge in [0.1, 0.15) is 12.4 Å². The minimum atomic E-state index is -0.544. The van der Waals surface area contributed by atoms with Gasteiger partial charge in [-0.25, -0.2) is 0 Å². The molecular weight excluding hydrogens is 445 g/mol. The van der Waals surface area contributed by atoms with Crippen LogP contribution in [0.4, 0.5) is 0 Å². The van der Waals surface area contributed by atoms with Crippen molar-refractivity contribution in [2.75, 3.05) is 6.61 Å². The summed E-state index contributed by atoms with van der Waals surface area (Å²) in [5, 5.41) is 14.1. The molecule has 6 atom stereocenters. The number of hydrogen-bond donors (Lipinski definition) is 2. The fourth-order valence-corrected chi connectivity index (χ4v) is 6.45. The Morgan fingerprint density at radius 3 is 2.56 bits per heavy atom. The van der Waals surface area contributed by atoms with Gasteiger partial charge in [-0.3, -0.25) is 4.79 Å². The van der Waals surface area contributed by atoms with E-state index in [1.165, 1.54) is 5.56 Å². The van der Waals surface area contributed by atoms with E-state index in [1.54, 1.807) is 6.92 Å². The van der Waals surface area contributed by atoms with Crippen LogP contribution in [0.5, 0.6) is 5.75 Å². The number of carbonyl (C=O) groups excluding carboxylic acids is 1. The normalized spacial score (nSPS) is 30.5. The Balaban J connectivity index is 1.76. The largest absolute Gasteiger partial charge is 0.491 e. The van der Waals surface area contributed by atoms with Gasteiger partial charge >= 0.3 is 0 Å². The quantitative estimate of drug-likeness (QED) is 0.542. The minimum Gasteiger partial charge on any atom is -0.491 e. The summed E-state index contributed by atoms with van der Waals surface area (Å²) < 4.78 is 5.65. The molecule has 1 heterocycles. The van der Waals surface area contributed by atoms with Gasteiger partial charge < -0.3 is 15.2 Å². The average Bonchev–Trinajstić information content (AvgIpc) is 3.03. The van der Waals surface area contributed by atoms with Gasteiger partial charge in [0.25, 0.3) is 0 Å². The molecule has 0 bridgehead atoms. The highest BCUT2D eigenvalue weighted by Gasteiger charge is 2.59. The Kier molecular flexibility index (Phi) is 6.76. The van der Waals surface area contributed by atoms with Crippen molar-refractivity contribution in [1.29, 1.82) is 0 Å². The molecule has 4 nitrogen and oxygen atoms in total. The van der Waals surface area contributed by atoms with E-state index in [9.17, 15) is 9.90 Å². The van der Waals surface area contributed by atoms with Crippen LogP contribution in [-0.2, 0) is 4.79 Å². The number of aliphatic hydroxyl groups excluding tert-OH is 1. The lowest BCUT2D eigenvalue weighted by Gasteiger charge is -2.47. The number of rotatable bonds is 6. The van der Waals surface area contributed by atoms with E-state index in [2.05, 4.69) is 31.3 Å². The number of hydrogen-bond acceptors (Lipinski definition) is 3. The summed E-state index contributed by atoms with van der Waals surface area (Å²) in [5.74, 6) is 1.31. The van der Waals surface area contributed by atoms with E-state index in [1.807, 2.05) is 30.3 Å². The highest BCUT2D eigenvalue weighted by molar-refractivity contribution is 6.31. The van der Waals surface area contributed by atoms with Crippen LogP contribution in [0.3, 0.4) is 0 Å². The summed E-state index contributed by atoms with van der Waals surface area (Å²) in [6, 6.07) is 13.9. The van der Waals surface area contributed by atoms with Gasteiger partial charge in [-0.05, 0) is 80.3 Å². The summed E-state index contributed by atoms with van der Waals surface area (Å²) >= 11 is 13.0. The lowest BCUT2D eigenvalue weighted by atomic mass is 9.54. The second-order valence-corrected chi connectivity index (χ2v) is 10.2. The van der Waals surface area contributed by atoms with E-state index in [0.29, 0.717) is 15.8 Å². The molecule has 1 unspecified atom stereocenters. The highest BCUT2D eigenvalue weighted by atomic mass is 35.5. The van der Waals surface area contributed by atoms with Crippen LogP contribution in [0.1, 0.15) is 63.0 Å². The van der Waals surface area contributed by atoms with Gasteiger partial charge in [-0.15, -0.1) is 0 Å². The maximum Gasteiger partial charge on any atom is 0.226 e. The molecule has 32 heavy (non-hydrogen) atoms. The lowest BCUT2D eigenvalue weighted by Crippen LogP contribution is -2.43. The van der Waals surface area contributed by atoms with Crippen LogP contribution in [0, 0.1) is 11.3 Å². The third-order valence-electron chi connectivity index (χ3n) is 7.46. The van der Waals surface area contributed by atoms with Crippen molar-refractivity contribution in [3.8, 4) is 5.75 Å². The van der Waals surface area contributed by atoms with E-state index >= 15 is 0 Å². The molecule has 2 aliphatic rings. The topological polar surface area (TPSA) is 58.6 Å². The number of ether oxygens (including phenoxy) is 1. The minimum absolute atomic E-state index is 0.0818. The number of aliphatic hydroxyl groups is 1. The first kappa shape index (κ1) is 23.4. The van der Waals surface area contributed by atoms with Gasteiger partial charge in [0, 0.05) is 22.0 Å². The molecule has 2 aromatic carbocycles. The summed E-state index contributed by atoms with van der Waals surface area (Å²) in [6.07, 6.45) is 2.00. The molecule has 0 radical (unpaired) electrons. The first-order valence-corrected chi connectivity index (χ1v) is 12.2. The number of nitrogens with one attached hydrogen (secondary N) is 1. The number of halogens is 2. The second-order valence-electron chi connectivity index (χ2n) is 9.36. The van der Waals surface area contributed by atoms with Crippen LogP contribution in [-0.4, -0.2) is 29.8 Å². The van der Waals surface area contributed by atoms with Crippen molar-refractivity contribution in [3.63, 3.8) is 0 Å². The SMILES string of the molecule is CC[C@@]12CC[C@@H](c3ccc(OCC(C)O)cc3Cl)[C@H](c3ccc(Cl)cc3)[C@@H]1[C@@H](C)NC2=O. The Bertz CT molecular complexity index is 978. The molecule has 172 valence electrons. The zero-order valence-electron chi connectivity index (χ0n) is 18.8. The van der Waals surface area contributed by atoms with Gasteiger partial charge in [0.2, 0.25) is 5.91 Å². The fourth-order valence-electron chi connectivity index (χ4n) is 6.01. The molecule has 2 fully saturated rings. The molecule has 6 heteroatoms. The number of benzene rings is 2. The smallest absolute Gasteiger partial charge is 0.226 e.